The molecule has 0 aliphatic heterocycles. The molecule has 0 saturated heterocycles. The minimum absolute atomic E-state index is 0.904. The van der Waals surface area contributed by atoms with Crippen molar-refractivity contribution in [2.45, 2.75) is 13.8 Å². The van der Waals surface area contributed by atoms with Crippen molar-refractivity contribution >= 4 is 18.9 Å². The summed E-state index contributed by atoms with van der Waals surface area (Å²) < 4.78 is 2.04. The zero-order chi connectivity index (χ0) is 8.91. The van der Waals surface area contributed by atoms with Crippen molar-refractivity contribution in [1.29, 1.82) is 0 Å². The van der Waals surface area contributed by atoms with Gasteiger partial charge in [-0.25, -0.2) is 0 Å². The fourth-order valence-electron chi connectivity index (χ4n) is 0.847. The zero-order valence-corrected chi connectivity index (χ0v) is 9.50. The Bertz CT molecular complexity index is 104. The average molecular weight is 196 g/mol. The first-order valence-corrected chi connectivity index (χ1v) is 6.89. The predicted octanol–water partition coefficient (Wildman–Crippen LogP) is 0.441. The summed E-state index contributed by atoms with van der Waals surface area (Å²) in [5.74, 6) is 0. The van der Waals surface area contributed by atoms with Crippen molar-refractivity contribution in [3.63, 3.8) is 0 Å². The summed E-state index contributed by atoms with van der Waals surface area (Å²) in [5.41, 5.74) is 0. The molecule has 0 bridgehead atoms. The van der Waals surface area contributed by atoms with Crippen LogP contribution in [0.5, 0.6) is 0 Å². The topological polar surface area (TPSA) is 27.3 Å². The SMILES string of the molecule is CCN[Si](Cl)(NCC)N(C)C. The van der Waals surface area contributed by atoms with E-state index in [1.807, 2.05) is 18.7 Å². The maximum absolute atomic E-state index is 6.32. The van der Waals surface area contributed by atoms with Gasteiger partial charge < -0.3 is 9.96 Å². The first-order valence-electron chi connectivity index (χ1n) is 3.93. The van der Waals surface area contributed by atoms with Crippen molar-refractivity contribution in [3.8, 4) is 0 Å². The van der Waals surface area contributed by atoms with Gasteiger partial charge in [-0.05, 0) is 27.2 Å². The Kier molecular flexibility index (Phi) is 5.29. The lowest BCUT2D eigenvalue weighted by Crippen LogP contribution is -2.67. The van der Waals surface area contributed by atoms with E-state index >= 15 is 0 Å². The van der Waals surface area contributed by atoms with Crippen molar-refractivity contribution < 1.29 is 0 Å². The molecular formula is C6H18ClN3Si. The summed E-state index contributed by atoms with van der Waals surface area (Å²) >= 11 is 6.32. The molecule has 0 heterocycles. The minimum atomic E-state index is -2.02. The lowest BCUT2D eigenvalue weighted by Gasteiger charge is -2.31. The third kappa shape index (κ3) is 3.53. The number of nitrogens with zero attached hydrogens (tertiary/aromatic N) is 1. The first kappa shape index (κ1) is 11.4. The van der Waals surface area contributed by atoms with E-state index in [1.165, 1.54) is 0 Å². The monoisotopic (exact) mass is 195 g/mol. The van der Waals surface area contributed by atoms with Gasteiger partial charge in [0.15, 0.2) is 0 Å². The molecule has 0 saturated carbocycles. The van der Waals surface area contributed by atoms with Gasteiger partial charge in [-0.3, -0.25) is 4.57 Å². The Morgan fingerprint density at radius 1 is 1.18 bits per heavy atom. The van der Waals surface area contributed by atoms with Gasteiger partial charge in [0.1, 0.15) is 0 Å². The fraction of sp³-hybridized carbons (Fsp3) is 1.00. The van der Waals surface area contributed by atoms with Gasteiger partial charge in [-0.1, -0.05) is 13.8 Å². The second-order valence-electron chi connectivity index (χ2n) is 2.58. The van der Waals surface area contributed by atoms with Gasteiger partial charge >= 0.3 is 7.87 Å². The van der Waals surface area contributed by atoms with Crippen molar-refractivity contribution in [1.82, 2.24) is 14.5 Å². The lowest BCUT2D eigenvalue weighted by molar-refractivity contribution is 0.581. The third-order valence-electron chi connectivity index (χ3n) is 1.44. The van der Waals surface area contributed by atoms with Gasteiger partial charge in [0.25, 0.3) is 0 Å². The summed E-state index contributed by atoms with van der Waals surface area (Å²) in [5, 5.41) is 0. The molecule has 0 unspecified atom stereocenters. The molecule has 0 aliphatic carbocycles. The molecule has 3 nitrogen and oxygen atoms in total. The van der Waals surface area contributed by atoms with E-state index in [4.69, 9.17) is 11.1 Å². The number of hydrogen-bond acceptors (Lipinski definition) is 3. The quantitative estimate of drug-likeness (QED) is 0.493. The normalized spacial score (nSPS) is 12.5. The minimum Gasteiger partial charge on any atom is -0.301 e. The molecular weight excluding hydrogens is 178 g/mol. The van der Waals surface area contributed by atoms with Crippen LogP contribution in [0.2, 0.25) is 0 Å². The zero-order valence-electron chi connectivity index (χ0n) is 7.74. The van der Waals surface area contributed by atoms with Crippen LogP contribution in [0.25, 0.3) is 0 Å². The van der Waals surface area contributed by atoms with E-state index in [0.717, 1.165) is 13.1 Å². The second-order valence-corrected chi connectivity index (χ2v) is 7.06. The Morgan fingerprint density at radius 2 is 1.55 bits per heavy atom. The van der Waals surface area contributed by atoms with E-state index < -0.39 is 7.87 Å². The van der Waals surface area contributed by atoms with Crippen LogP contribution in [-0.4, -0.2) is 39.6 Å². The van der Waals surface area contributed by atoms with Crippen molar-refractivity contribution in [2.75, 3.05) is 27.2 Å². The van der Waals surface area contributed by atoms with Crippen LogP contribution in [0.1, 0.15) is 13.8 Å². The predicted molar refractivity (Wildman–Crippen MR) is 52.6 cm³/mol. The standard InChI is InChI=1S/C6H18ClN3Si/c1-5-8-11(7,9-6-2)10(3)4/h8-9H,5-6H2,1-4H3. The number of hydrogen-bond donors (Lipinski definition) is 2. The van der Waals surface area contributed by atoms with Gasteiger partial charge in [-0.15, -0.1) is 11.1 Å². The largest absolute Gasteiger partial charge is 0.386 e. The number of rotatable bonds is 5. The van der Waals surface area contributed by atoms with Crippen LogP contribution in [-0.2, 0) is 0 Å². The van der Waals surface area contributed by atoms with E-state index in [9.17, 15) is 0 Å². The van der Waals surface area contributed by atoms with Crippen molar-refractivity contribution in [2.24, 2.45) is 0 Å². The molecule has 0 rings (SSSR count). The second kappa shape index (κ2) is 5.11. The third-order valence-corrected chi connectivity index (χ3v) is 6.13. The van der Waals surface area contributed by atoms with Crippen LogP contribution in [0, 0.1) is 0 Å². The Labute approximate surface area is 75.1 Å². The van der Waals surface area contributed by atoms with Gasteiger partial charge in [0, 0.05) is 0 Å². The van der Waals surface area contributed by atoms with Gasteiger partial charge in [-0.2, -0.15) is 0 Å². The molecule has 5 heteroatoms. The maximum Gasteiger partial charge on any atom is 0.386 e. The number of halogens is 1. The smallest absolute Gasteiger partial charge is 0.301 e. The van der Waals surface area contributed by atoms with E-state index in [-0.39, 0.29) is 0 Å². The van der Waals surface area contributed by atoms with E-state index in [1.54, 1.807) is 0 Å². The summed E-state index contributed by atoms with van der Waals surface area (Å²) in [4.78, 5) is 6.56. The highest BCUT2D eigenvalue weighted by atomic mass is 35.6. The summed E-state index contributed by atoms with van der Waals surface area (Å²) in [7, 11) is 1.96. The van der Waals surface area contributed by atoms with Crippen LogP contribution in [0.4, 0.5) is 0 Å². The molecule has 2 N–H and O–H groups in total. The Hall–Kier alpha value is 0.387. The van der Waals surface area contributed by atoms with Gasteiger partial charge in [0.05, 0.1) is 0 Å². The number of nitrogens with one attached hydrogen (secondary N) is 2. The lowest BCUT2D eigenvalue weighted by atomic mass is 10.8. The van der Waals surface area contributed by atoms with Crippen LogP contribution < -0.4 is 9.96 Å². The summed E-state index contributed by atoms with van der Waals surface area (Å²) in [6.07, 6.45) is 0. The molecule has 11 heavy (non-hydrogen) atoms. The fourth-order valence-corrected chi connectivity index (χ4v) is 3.34. The molecule has 68 valence electrons. The molecule has 0 aromatic rings. The highest BCUT2D eigenvalue weighted by molar-refractivity contribution is 7.15. The molecule has 0 aromatic carbocycles. The van der Waals surface area contributed by atoms with E-state index in [2.05, 4.69) is 23.8 Å². The van der Waals surface area contributed by atoms with Crippen LogP contribution in [0.15, 0.2) is 0 Å². The molecule has 0 amide bonds. The summed E-state index contributed by atoms with van der Waals surface area (Å²) in [6, 6.07) is 0. The molecule has 0 spiro atoms. The average Bonchev–Trinajstić information content (AvgIpc) is 1.88. The molecule has 0 fully saturated rings. The highest BCUT2D eigenvalue weighted by Crippen LogP contribution is 2.02. The van der Waals surface area contributed by atoms with E-state index in [0.29, 0.717) is 0 Å². The molecule has 0 aliphatic rings. The Balaban J connectivity index is 4.01. The maximum atomic E-state index is 6.32. The molecule has 0 radical (unpaired) electrons. The highest BCUT2D eigenvalue weighted by Gasteiger charge is 2.32. The Morgan fingerprint density at radius 3 is 1.73 bits per heavy atom. The first-order chi connectivity index (χ1) is 5.06. The van der Waals surface area contributed by atoms with Gasteiger partial charge in [0.2, 0.25) is 0 Å². The summed E-state index contributed by atoms with van der Waals surface area (Å²) in [6.45, 7) is 5.93. The van der Waals surface area contributed by atoms with Crippen molar-refractivity contribution in [3.05, 3.63) is 0 Å². The molecule has 0 atom stereocenters. The van der Waals surface area contributed by atoms with Crippen LogP contribution >= 0.6 is 11.1 Å². The molecule has 0 aromatic heterocycles. The van der Waals surface area contributed by atoms with Crippen LogP contribution in [0.3, 0.4) is 0 Å².